The van der Waals surface area contributed by atoms with Crippen LogP contribution < -0.4 is 10.6 Å². The fraction of sp³-hybridized carbons (Fsp3) is 0.842. The molecule has 2 N–H and O–H groups in total. The quantitative estimate of drug-likeness (QED) is 0.740. The highest BCUT2D eigenvalue weighted by Gasteiger charge is 2.52. The van der Waals surface area contributed by atoms with Gasteiger partial charge in [0.1, 0.15) is 12.1 Å². The molecule has 144 valence electrons. The van der Waals surface area contributed by atoms with Crippen LogP contribution in [0.15, 0.2) is 0 Å². The number of rotatable bonds is 3. The normalized spacial score (nSPS) is 39.4. The monoisotopic (exact) mass is 362 g/mol. The summed E-state index contributed by atoms with van der Waals surface area (Å²) in [5.41, 5.74) is -0.768. The number of nitrogens with zero attached hydrogens (tertiary/aromatic N) is 2. The number of fused-ring (bicyclic) bond motifs is 2. The first-order valence-corrected chi connectivity index (χ1v) is 10.0. The van der Waals surface area contributed by atoms with E-state index in [-0.39, 0.29) is 24.4 Å². The van der Waals surface area contributed by atoms with Crippen molar-refractivity contribution in [2.75, 3.05) is 13.6 Å². The fourth-order valence-corrected chi connectivity index (χ4v) is 5.21. The summed E-state index contributed by atoms with van der Waals surface area (Å²) in [4.78, 5) is 41.0. The van der Waals surface area contributed by atoms with Crippen LogP contribution in [-0.4, -0.2) is 64.9 Å². The molecule has 3 saturated heterocycles. The van der Waals surface area contributed by atoms with Crippen molar-refractivity contribution < 1.29 is 14.4 Å². The number of imide groups is 1. The molecule has 7 heteroatoms. The number of carbonyl (C=O) groups excluding carboxylic acids is 3. The predicted molar refractivity (Wildman–Crippen MR) is 96.3 cm³/mol. The lowest BCUT2D eigenvalue weighted by molar-refractivity contribution is -0.140. The molecule has 3 aliphatic heterocycles. The minimum Gasteiger partial charge on any atom is -0.341 e. The second-order valence-electron chi connectivity index (χ2n) is 8.85. The molecule has 2 unspecified atom stereocenters. The highest BCUT2D eigenvalue weighted by atomic mass is 16.2. The smallest absolute Gasteiger partial charge is 0.325 e. The summed E-state index contributed by atoms with van der Waals surface area (Å²) >= 11 is 0. The van der Waals surface area contributed by atoms with Crippen LogP contribution in [0.2, 0.25) is 0 Å². The molecule has 1 saturated carbocycles. The van der Waals surface area contributed by atoms with Gasteiger partial charge in [0.05, 0.1) is 0 Å². The first-order chi connectivity index (χ1) is 12.4. The Labute approximate surface area is 154 Å². The molecule has 0 aromatic heterocycles. The van der Waals surface area contributed by atoms with Crippen LogP contribution in [0.5, 0.6) is 0 Å². The van der Waals surface area contributed by atoms with Crippen LogP contribution in [0, 0.1) is 5.92 Å². The molecule has 2 bridgehead atoms. The van der Waals surface area contributed by atoms with Crippen LogP contribution in [0.1, 0.15) is 58.3 Å². The van der Waals surface area contributed by atoms with Crippen molar-refractivity contribution in [1.29, 1.82) is 0 Å². The van der Waals surface area contributed by atoms with Crippen LogP contribution >= 0.6 is 0 Å². The van der Waals surface area contributed by atoms with E-state index in [1.54, 1.807) is 4.90 Å². The van der Waals surface area contributed by atoms with Crippen molar-refractivity contribution in [3.63, 3.8) is 0 Å². The molecular formula is C19H30N4O3. The van der Waals surface area contributed by atoms with E-state index in [1.165, 1.54) is 12.8 Å². The van der Waals surface area contributed by atoms with E-state index < -0.39 is 11.6 Å². The Hall–Kier alpha value is -1.63. The SMILES string of the molecule is CC1CCC2(CC1)NC(=O)N(CC(=O)N(C)C1CC3CCC(C1)N3)C2=O. The number of hydrogen-bond acceptors (Lipinski definition) is 4. The third-order valence-corrected chi connectivity index (χ3v) is 7.06. The standard InChI is InChI=1S/C19H30N4O3/c1-12-5-7-19(8-6-12)17(25)23(18(26)21-19)11-16(24)22(2)15-9-13-3-4-14(10-15)20-13/h12-15,20H,3-11H2,1-2H3,(H,21,26). The Bertz CT molecular complexity index is 602. The summed E-state index contributed by atoms with van der Waals surface area (Å²) in [5.74, 6) is 0.241. The number of piperidine rings is 1. The van der Waals surface area contributed by atoms with Gasteiger partial charge in [0.15, 0.2) is 0 Å². The average Bonchev–Trinajstić information content (AvgIpc) is 3.08. The molecule has 1 spiro atoms. The number of carbonyl (C=O) groups is 3. The molecule has 0 aromatic rings. The Kier molecular flexibility index (Phi) is 4.45. The summed E-state index contributed by atoms with van der Waals surface area (Å²) < 4.78 is 0. The van der Waals surface area contributed by atoms with Crippen molar-refractivity contribution >= 4 is 17.8 Å². The van der Waals surface area contributed by atoms with Gasteiger partial charge in [0.2, 0.25) is 5.91 Å². The minimum absolute atomic E-state index is 0.138. The zero-order valence-corrected chi connectivity index (χ0v) is 15.8. The number of urea groups is 1. The molecule has 4 fully saturated rings. The van der Waals surface area contributed by atoms with Crippen LogP contribution in [0.3, 0.4) is 0 Å². The maximum atomic E-state index is 12.9. The van der Waals surface area contributed by atoms with Gasteiger partial charge in [-0.25, -0.2) is 4.79 Å². The average molecular weight is 362 g/mol. The van der Waals surface area contributed by atoms with Crippen LogP contribution in [-0.2, 0) is 9.59 Å². The van der Waals surface area contributed by atoms with Crippen molar-refractivity contribution in [3.05, 3.63) is 0 Å². The Morgan fingerprint density at radius 3 is 2.38 bits per heavy atom. The van der Waals surface area contributed by atoms with E-state index in [1.807, 2.05) is 7.05 Å². The van der Waals surface area contributed by atoms with E-state index in [4.69, 9.17) is 0 Å². The summed E-state index contributed by atoms with van der Waals surface area (Å²) in [6.45, 7) is 2.04. The minimum atomic E-state index is -0.768. The van der Waals surface area contributed by atoms with E-state index >= 15 is 0 Å². The van der Waals surface area contributed by atoms with Gasteiger partial charge >= 0.3 is 6.03 Å². The molecule has 7 nitrogen and oxygen atoms in total. The lowest BCUT2D eigenvalue weighted by Crippen LogP contribution is -2.52. The largest absolute Gasteiger partial charge is 0.341 e. The number of hydrogen-bond donors (Lipinski definition) is 2. The van der Waals surface area contributed by atoms with Gasteiger partial charge in [0, 0.05) is 25.2 Å². The highest BCUT2D eigenvalue weighted by Crippen LogP contribution is 2.36. The van der Waals surface area contributed by atoms with Gasteiger partial charge in [-0.05, 0) is 57.3 Å². The second-order valence-corrected chi connectivity index (χ2v) is 8.85. The zero-order valence-electron chi connectivity index (χ0n) is 15.8. The van der Waals surface area contributed by atoms with E-state index in [0.717, 1.165) is 30.6 Å². The van der Waals surface area contributed by atoms with Gasteiger partial charge in [-0.2, -0.15) is 0 Å². The van der Waals surface area contributed by atoms with E-state index in [0.29, 0.717) is 30.8 Å². The van der Waals surface area contributed by atoms with Gasteiger partial charge < -0.3 is 15.5 Å². The molecule has 4 aliphatic rings. The lowest BCUT2D eigenvalue weighted by atomic mass is 9.77. The molecule has 2 atom stereocenters. The maximum Gasteiger partial charge on any atom is 0.325 e. The molecule has 4 amide bonds. The summed E-state index contributed by atoms with van der Waals surface area (Å²) in [5, 5.41) is 6.47. The fourth-order valence-electron chi connectivity index (χ4n) is 5.21. The molecular weight excluding hydrogens is 332 g/mol. The van der Waals surface area contributed by atoms with Crippen molar-refractivity contribution in [2.45, 2.75) is 82.0 Å². The summed E-state index contributed by atoms with van der Waals surface area (Å²) in [6.07, 6.45) is 7.50. The molecule has 4 rings (SSSR count). The Morgan fingerprint density at radius 1 is 1.15 bits per heavy atom. The highest BCUT2D eigenvalue weighted by molar-refractivity contribution is 6.09. The van der Waals surface area contributed by atoms with E-state index in [9.17, 15) is 14.4 Å². The van der Waals surface area contributed by atoms with Crippen LogP contribution in [0.4, 0.5) is 4.79 Å². The Balaban J connectivity index is 1.39. The number of likely N-dealkylation sites (N-methyl/N-ethyl adjacent to an activating group) is 1. The summed E-state index contributed by atoms with van der Waals surface area (Å²) in [6, 6.07) is 0.791. The number of amides is 4. The molecule has 1 aliphatic carbocycles. The molecule has 3 heterocycles. The van der Waals surface area contributed by atoms with E-state index in [2.05, 4.69) is 17.6 Å². The van der Waals surface area contributed by atoms with Gasteiger partial charge in [-0.15, -0.1) is 0 Å². The number of nitrogens with one attached hydrogen (secondary N) is 2. The first kappa shape index (κ1) is 17.8. The van der Waals surface area contributed by atoms with Crippen LogP contribution in [0.25, 0.3) is 0 Å². The van der Waals surface area contributed by atoms with Crippen molar-refractivity contribution in [2.24, 2.45) is 5.92 Å². The lowest BCUT2D eigenvalue weighted by Gasteiger charge is -2.36. The van der Waals surface area contributed by atoms with Crippen molar-refractivity contribution in [1.82, 2.24) is 20.4 Å². The molecule has 0 radical (unpaired) electrons. The predicted octanol–water partition coefficient (Wildman–Crippen LogP) is 1.23. The molecule has 0 aromatic carbocycles. The van der Waals surface area contributed by atoms with Gasteiger partial charge in [-0.1, -0.05) is 6.92 Å². The zero-order chi connectivity index (χ0) is 18.5. The van der Waals surface area contributed by atoms with Gasteiger partial charge in [0.25, 0.3) is 5.91 Å². The van der Waals surface area contributed by atoms with Crippen molar-refractivity contribution in [3.8, 4) is 0 Å². The third kappa shape index (κ3) is 3.00. The summed E-state index contributed by atoms with van der Waals surface area (Å²) in [7, 11) is 1.81. The Morgan fingerprint density at radius 2 is 1.77 bits per heavy atom. The molecule has 26 heavy (non-hydrogen) atoms. The second kappa shape index (κ2) is 6.51. The third-order valence-electron chi connectivity index (χ3n) is 7.06. The maximum absolute atomic E-state index is 12.9. The first-order valence-electron chi connectivity index (χ1n) is 10.0. The van der Waals surface area contributed by atoms with Gasteiger partial charge in [-0.3, -0.25) is 14.5 Å². The topological polar surface area (TPSA) is 81.8 Å².